The van der Waals surface area contributed by atoms with Gasteiger partial charge in [0.1, 0.15) is 11.5 Å². The van der Waals surface area contributed by atoms with Gasteiger partial charge in [-0.2, -0.15) is 0 Å². The molecule has 0 bridgehead atoms. The molecule has 0 radical (unpaired) electrons. The van der Waals surface area contributed by atoms with Gasteiger partial charge in [0.15, 0.2) is 0 Å². The summed E-state index contributed by atoms with van der Waals surface area (Å²) in [4.78, 5) is 21.1. The Morgan fingerprint density at radius 1 is 1.14 bits per heavy atom. The molecule has 0 aliphatic heterocycles. The highest BCUT2D eigenvalue weighted by molar-refractivity contribution is 6.33. The third kappa shape index (κ3) is 2.32. The molecule has 3 aromatic rings. The Morgan fingerprint density at radius 2 is 1.90 bits per heavy atom. The van der Waals surface area contributed by atoms with Crippen LogP contribution in [0.1, 0.15) is 11.4 Å². The number of benzene rings is 1. The van der Waals surface area contributed by atoms with Crippen molar-refractivity contribution in [2.45, 2.75) is 13.8 Å². The lowest BCUT2D eigenvalue weighted by Crippen LogP contribution is -2.20. The Bertz CT molecular complexity index is 915. The summed E-state index contributed by atoms with van der Waals surface area (Å²) in [6.45, 7) is 3.77. The van der Waals surface area contributed by atoms with Gasteiger partial charge in [-0.25, -0.2) is 9.97 Å². The van der Waals surface area contributed by atoms with E-state index in [0.29, 0.717) is 22.1 Å². The van der Waals surface area contributed by atoms with Crippen LogP contribution in [0, 0.1) is 13.8 Å². The lowest BCUT2D eigenvalue weighted by molar-refractivity contribution is 0.878. The number of pyridine rings is 1. The molecule has 21 heavy (non-hydrogen) atoms. The van der Waals surface area contributed by atoms with Gasteiger partial charge in [0.05, 0.1) is 0 Å². The monoisotopic (exact) mass is 299 g/mol. The SMILES string of the molecule is Cc1ccc(Cl)c(-c2cc3cnc(C)nc3n(C)c2=O)c1. The van der Waals surface area contributed by atoms with Crippen LogP contribution in [0.3, 0.4) is 0 Å². The van der Waals surface area contributed by atoms with Crippen LogP contribution in [0.25, 0.3) is 22.2 Å². The molecule has 0 amide bonds. The largest absolute Gasteiger partial charge is 0.295 e. The summed E-state index contributed by atoms with van der Waals surface area (Å²) in [6, 6.07) is 7.45. The molecular weight excluding hydrogens is 286 g/mol. The van der Waals surface area contributed by atoms with Gasteiger partial charge in [0.2, 0.25) is 0 Å². The number of halogens is 1. The molecule has 0 spiro atoms. The maximum Gasteiger partial charge on any atom is 0.259 e. The summed E-state index contributed by atoms with van der Waals surface area (Å²) in [5, 5.41) is 1.38. The number of nitrogens with zero attached hydrogens (tertiary/aromatic N) is 3. The van der Waals surface area contributed by atoms with Crippen LogP contribution in [0.2, 0.25) is 5.02 Å². The second-order valence-electron chi connectivity index (χ2n) is 5.10. The minimum absolute atomic E-state index is 0.117. The van der Waals surface area contributed by atoms with Gasteiger partial charge in [-0.3, -0.25) is 9.36 Å². The van der Waals surface area contributed by atoms with Gasteiger partial charge in [-0.05, 0) is 32.0 Å². The van der Waals surface area contributed by atoms with Crippen LogP contribution < -0.4 is 5.56 Å². The fraction of sp³-hybridized carbons (Fsp3) is 0.188. The molecule has 1 aromatic carbocycles. The molecule has 0 N–H and O–H groups in total. The quantitative estimate of drug-likeness (QED) is 0.693. The van der Waals surface area contributed by atoms with Gasteiger partial charge in [-0.15, -0.1) is 0 Å². The van der Waals surface area contributed by atoms with E-state index in [-0.39, 0.29) is 5.56 Å². The van der Waals surface area contributed by atoms with Crippen molar-refractivity contribution in [3.8, 4) is 11.1 Å². The number of fused-ring (bicyclic) bond motifs is 1. The van der Waals surface area contributed by atoms with E-state index in [0.717, 1.165) is 16.5 Å². The molecule has 0 aliphatic rings. The number of aromatic nitrogens is 3. The van der Waals surface area contributed by atoms with E-state index < -0.39 is 0 Å². The molecule has 5 heteroatoms. The van der Waals surface area contributed by atoms with Gasteiger partial charge in [0.25, 0.3) is 5.56 Å². The Balaban J connectivity index is 2.39. The van der Waals surface area contributed by atoms with Gasteiger partial charge in [-0.1, -0.05) is 23.2 Å². The standard InChI is InChI=1S/C16H14ClN3O/c1-9-4-5-14(17)12(6-9)13-7-11-8-18-10(2)19-15(11)20(3)16(13)21/h4-8H,1-3H3. The predicted molar refractivity (Wildman–Crippen MR) is 84.7 cm³/mol. The molecule has 2 aromatic heterocycles. The number of hydrogen-bond donors (Lipinski definition) is 0. The second kappa shape index (κ2) is 4.97. The summed E-state index contributed by atoms with van der Waals surface area (Å²) in [5.74, 6) is 0.638. The van der Waals surface area contributed by atoms with Crippen molar-refractivity contribution >= 4 is 22.6 Å². The Kier molecular flexibility index (Phi) is 3.26. The zero-order chi connectivity index (χ0) is 15.1. The normalized spacial score (nSPS) is 11.0. The van der Waals surface area contributed by atoms with Crippen LogP contribution in [0.15, 0.2) is 35.3 Å². The van der Waals surface area contributed by atoms with E-state index in [1.165, 1.54) is 4.57 Å². The van der Waals surface area contributed by atoms with Crippen molar-refractivity contribution in [2.75, 3.05) is 0 Å². The molecule has 0 saturated carbocycles. The first-order valence-electron chi connectivity index (χ1n) is 6.57. The van der Waals surface area contributed by atoms with Crippen LogP contribution in [-0.2, 0) is 7.05 Å². The zero-order valence-corrected chi connectivity index (χ0v) is 12.8. The average Bonchev–Trinajstić information content (AvgIpc) is 2.46. The lowest BCUT2D eigenvalue weighted by atomic mass is 10.0. The van der Waals surface area contributed by atoms with Crippen LogP contribution in [-0.4, -0.2) is 14.5 Å². The van der Waals surface area contributed by atoms with E-state index in [1.54, 1.807) is 26.2 Å². The highest BCUT2D eigenvalue weighted by Crippen LogP contribution is 2.28. The van der Waals surface area contributed by atoms with Crippen molar-refractivity contribution in [1.29, 1.82) is 0 Å². The lowest BCUT2D eigenvalue weighted by Gasteiger charge is -2.10. The first-order chi connectivity index (χ1) is 9.97. The molecule has 4 nitrogen and oxygen atoms in total. The number of aryl methyl sites for hydroxylation is 3. The summed E-state index contributed by atoms with van der Waals surface area (Å²) in [6.07, 6.45) is 1.73. The van der Waals surface area contributed by atoms with E-state index in [1.807, 2.05) is 25.1 Å². The molecule has 2 heterocycles. The van der Waals surface area contributed by atoms with Crippen LogP contribution in [0.4, 0.5) is 0 Å². The van der Waals surface area contributed by atoms with Gasteiger partial charge >= 0.3 is 0 Å². The van der Waals surface area contributed by atoms with E-state index >= 15 is 0 Å². The van der Waals surface area contributed by atoms with Gasteiger partial charge < -0.3 is 0 Å². The number of rotatable bonds is 1. The summed E-state index contributed by atoms with van der Waals surface area (Å²) < 4.78 is 1.54. The van der Waals surface area contributed by atoms with E-state index in [4.69, 9.17) is 11.6 Å². The maximum absolute atomic E-state index is 12.6. The third-order valence-corrected chi connectivity index (χ3v) is 3.81. The number of hydrogen-bond acceptors (Lipinski definition) is 3. The van der Waals surface area contributed by atoms with Crippen molar-refractivity contribution in [3.05, 3.63) is 57.2 Å². The Morgan fingerprint density at radius 3 is 2.67 bits per heavy atom. The molecule has 0 aliphatic carbocycles. The van der Waals surface area contributed by atoms with Crippen molar-refractivity contribution in [1.82, 2.24) is 14.5 Å². The minimum Gasteiger partial charge on any atom is -0.295 e. The molecule has 0 atom stereocenters. The Hall–Kier alpha value is -2.20. The molecule has 106 valence electrons. The Labute approximate surface area is 127 Å². The first-order valence-corrected chi connectivity index (χ1v) is 6.95. The molecule has 0 fully saturated rings. The van der Waals surface area contributed by atoms with Crippen LogP contribution >= 0.6 is 11.6 Å². The van der Waals surface area contributed by atoms with Crippen LogP contribution in [0.5, 0.6) is 0 Å². The predicted octanol–water partition coefficient (Wildman–Crippen LogP) is 3.27. The van der Waals surface area contributed by atoms with E-state index in [9.17, 15) is 4.79 Å². The summed E-state index contributed by atoms with van der Waals surface area (Å²) in [7, 11) is 1.71. The summed E-state index contributed by atoms with van der Waals surface area (Å²) in [5.41, 5.74) is 2.86. The van der Waals surface area contributed by atoms with Crippen molar-refractivity contribution < 1.29 is 0 Å². The third-order valence-electron chi connectivity index (χ3n) is 3.48. The maximum atomic E-state index is 12.6. The topological polar surface area (TPSA) is 47.8 Å². The van der Waals surface area contributed by atoms with Crippen molar-refractivity contribution in [3.63, 3.8) is 0 Å². The highest BCUT2D eigenvalue weighted by atomic mass is 35.5. The highest BCUT2D eigenvalue weighted by Gasteiger charge is 2.13. The molecular formula is C16H14ClN3O. The van der Waals surface area contributed by atoms with Gasteiger partial charge in [0, 0.05) is 34.8 Å². The fourth-order valence-electron chi connectivity index (χ4n) is 2.37. The fourth-order valence-corrected chi connectivity index (χ4v) is 2.59. The first kappa shape index (κ1) is 13.8. The molecule has 0 unspecified atom stereocenters. The zero-order valence-electron chi connectivity index (χ0n) is 12.0. The molecule has 3 rings (SSSR count). The van der Waals surface area contributed by atoms with Crippen molar-refractivity contribution in [2.24, 2.45) is 7.05 Å². The summed E-state index contributed by atoms with van der Waals surface area (Å²) >= 11 is 6.25. The second-order valence-corrected chi connectivity index (χ2v) is 5.51. The average molecular weight is 300 g/mol. The van der Waals surface area contributed by atoms with E-state index in [2.05, 4.69) is 9.97 Å². The molecule has 0 saturated heterocycles. The smallest absolute Gasteiger partial charge is 0.259 e. The minimum atomic E-state index is -0.117.